The average molecular weight is 1130 g/mol. The fourth-order valence-electron chi connectivity index (χ4n) is 7.38. The standard InChI is InChI=1S/C46H81N17O16/c1-25(2)38(62-44(77)30(15-16-35(66)67)60-45(78)32(22-37(70)71)56-34(65)24-54-63-52)46(79)61-31(21-36(68)69)40(73)53-23-33(64)55-27(12-4-8-18-48)41(74)58-29(14-6-10-20-50)43(76)59-28(13-5-9-19-49)42(75)57-26(39(51)72)11-3-7-17-47/h25-32,38H,3-24,47-50H2,1-2H3,(H2,51,72)(H,53,73)(H,55,64)(H,56,65)(H,57,75)(H,58,74)(H,59,76)(H,60,78)(H,61,79)(H,62,77)(H,66,67)(H,68,69)(H,70,71)/t26-,27-,28-,29-,30-,31-,32-,38-/m0/s1. The van der Waals surface area contributed by atoms with E-state index in [2.05, 4.69) is 52.6 Å². The molecule has 0 heterocycles. The maximum absolute atomic E-state index is 13.9. The highest BCUT2D eigenvalue weighted by molar-refractivity contribution is 5.99. The van der Waals surface area contributed by atoms with Gasteiger partial charge in [-0.15, -0.1) is 0 Å². The lowest BCUT2D eigenvalue weighted by Crippen LogP contribution is -2.60. The first-order valence-corrected chi connectivity index (χ1v) is 25.8. The molecule has 0 radical (unpaired) electrons. The normalized spacial score (nSPS) is 13.9. The highest BCUT2D eigenvalue weighted by Crippen LogP contribution is 2.11. The van der Waals surface area contributed by atoms with E-state index < -0.39 is 170 Å². The fourth-order valence-corrected chi connectivity index (χ4v) is 7.38. The van der Waals surface area contributed by atoms with Crippen LogP contribution in [-0.2, 0) is 62.3 Å². The van der Waals surface area contributed by atoms with E-state index in [1.54, 1.807) is 0 Å². The average Bonchev–Trinajstić information content (AvgIpc) is 3.37. The monoisotopic (exact) mass is 1130 g/mol. The van der Waals surface area contributed by atoms with Crippen molar-refractivity contribution in [1.29, 1.82) is 0 Å². The van der Waals surface area contributed by atoms with Gasteiger partial charge in [0.2, 0.25) is 59.1 Å². The molecular weight excluding hydrogens is 1050 g/mol. The molecule has 8 atom stereocenters. The molecule has 22 N–H and O–H groups in total. The molecule has 0 spiro atoms. The molecule has 0 saturated carbocycles. The van der Waals surface area contributed by atoms with Crippen molar-refractivity contribution in [2.45, 2.75) is 165 Å². The van der Waals surface area contributed by atoms with Crippen LogP contribution in [0.5, 0.6) is 0 Å². The summed E-state index contributed by atoms with van der Waals surface area (Å²) in [5.41, 5.74) is 36.6. The van der Waals surface area contributed by atoms with E-state index in [9.17, 15) is 77.6 Å². The second kappa shape index (κ2) is 40.5. The van der Waals surface area contributed by atoms with Gasteiger partial charge in [0.15, 0.2) is 0 Å². The molecule has 446 valence electrons. The van der Waals surface area contributed by atoms with Gasteiger partial charge in [0.1, 0.15) is 54.9 Å². The summed E-state index contributed by atoms with van der Waals surface area (Å²) in [6.07, 6.45) is 0.228. The van der Waals surface area contributed by atoms with Crippen LogP contribution < -0.4 is 76.5 Å². The minimum absolute atomic E-state index is 0.0259. The second-order valence-corrected chi connectivity index (χ2v) is 18.6. The minimum Gasteiger partial charge on any atom is -0.481 e. The van der Waals surface area contributed by atoms with Gasteiger partial charge in [0, 0.05) is 11.3 Å². The van der Waals surface area contributed by atoms with Gasteiger partial charge >= 0.3 is 17.9 Å². The summed E-state index contributed by atoms with van der Waals surface area (Å²) < 4.78 is 0. The number of carboxylic acid groups (broad SMARTS) is 3. The molecule has 0 aromatic heterocycles. The van der Waals surface area contributed by atoms with Gasteiger partial charge in [-0.25, -0.2) is 0 Å². The molecule has 33 heteroatoms. The Kier molecular flexibility index (Phi) is 36.5. The van der Waals surface area contributed by atoms with Crippen LogP contribution in [-0.4, -0.2) is 180 Å². The largest absolute Gasteiger partial charge is 0.481 e. The SMILES string of the molecule is CC(C)[C@H](NC(=O)[C@H](CCC(=O)O)NC(=O)[C@H](CC(=O)O)NC(=O)CN=[N+]=[N-])C(=O)N[C@@H](CC(=O)O)C(=O)NCC(=O)N[C@@H](CCCCN)C(=O)N[C@@H](CCCCN)C(=O)N[C@@H](CCCCN)C(=O)N[C@@H](CCCCN)C(N)=O. The first-order valence-electron chi connectivity index (χ1n) is 25.8. The van der Waals surface area contributed by atoms with Crippen LogP contribution in [0, 0.1) is 5.92 Å². The molecule has 0 aromatic rings. The van der Waals surface area contributed by atoms with E-state index in [4.69, 9.17) is 34.2 Å². The number of nitrogens with two attached hydrogens (primary N) is 5. The molecule has 0 aromatic carbocycles. The smallest absolute Gasteiger partial charge is 0.305 e. The summed E-state index contributed by atoms with van der Waals surface area (Å²) in [5, 5.41) is 52.5. The zero-order chi connectivity index (χ0) is 60.0. The van der Waals surface area contributed by atoms with E-state index in [1.165, 1.54) is 13.8 Å². The molecule has 0 aliphatic heterocycles. The highest BCUT2D eigenvalue weighted by Gasteiger charge is 2.35. The molecule has 79 heavy (non-hydrogen) atoms. The summed E-state index contributed by atoms with van der Waals surface area (Å²) in [6.45, 7) is 2.19. The van der Waals surface area contributed by atoms with E-state index >= 15 is 0 Å². The van der Waals surface area contributed by atoms with Crippen molar-refractivity contribution in [3.8, 4) is 0 Å². The Morgan fingerprint density at radius 3 is 1.19 bits per heavy atom. The first kappa shape index (κ1) is 71.3. The second-order valence-electron chi connectivity index (χ2n) is 18.6. The number of azide groups is 1. The third-order valence-electron chi connectivity index (χ3n) is 11.6. The van der Waals surface area contributed by atoms with Crippen LogP contribution in [0.25, 0.3) is 10.4 Å². The number of aliphatic carboxylic acids is 3. The third kappa shape index (κ3) is 31.3. The van der Waals surface area contributed by atoms with Crippen molar-refractivity contribution in [2.75, 3.05) is 39.3 Å². The molecule has 0 aliphatic carbocycles. The lowest BCUT2D eigenvalue weighted by Gasteiger charge is -2.27. The topological polar surface area (TPSA) is 570 Å². The number of hydrogen-bond donors (Lipinski definition) is 17. The van der Waals surface area contributed by atoms with Gasteiger partial charge in [-0.1, -0.05) is 19.0 Å². The van der Waals surface area contributed by atoms with Crippen LogP contribution in [0.4, 0.5) is 0 Å². The van der Waals surface area contributed by atoms with Gasteiger partial charge in [-0.05, 0) is 121 Å². The first-order chi connectivity index (χ1) is 37.3. The number of nitrogens with one attached hydrogen (secondary N) is 9. The van der Waals surface area contributed by atoms with Crippen molar-refractivity contribution in [3.63, 3.8) is 0 Å². The molecule has 0 aliphatic rings. The Labute approximate surface area is 455 Å². The lowest BCUT2D eigenvalue weighted by atomic mass is 10.0. The number of amides is 10. The summed E-state index contributed by atoms with van der Waals surface area (Å²) in [6, 6.07) is -12.1. The maximum atomic E-state index is 13.9. The maximum Gasteiger partial charge on any atom is 0.305 e. The lowest BCUT2D eigenvalue weighted by molar-refractivity contribution is -0.142. The van der Waals surface area contributed by atoms with Crippen molar-refractivity contribution < 1.29 is 77.6 Å². The molecule has 0 fully saturated rings. The van der Waals surface area contributed by atoms with Crippen LogP contribution in [0.3, 0.4) is 0 Å². The quantitative estimate of drug-likeness (QED) is 0.0117. The summed E-state index contributed by atoms with van der Waals surface area (Å²) in [4.78, 5) is 170. The number of nitrogens with zero attached hydrogens (tertiary/aromatic N) is 3. The molecular formula is C46H81N17O16. The number of carboxylic acids is 3. The van der Waals surface area contributed by atoms with Crippen LogP contribution in [0.1, 0.15) is 117 Å². The number of carbonyl (C=O) groups is 13. The van der Waals surface area contributed by atoms with Crippen molar-refractivity contribution >= 4 is 77.0 Å². The predicted molar refractivity (Wildman–Crippen MR) is 279 cm³/mol. The van der Waals surface area contributed by atoms with Gasteiger partial charge in [0.25, 0.3) is 0 Å². The fraction of sp³-hybridized carbons (Fsp3) is 0.717. The van der Waals surface area contributed by atoms with Gasteiger partial charge in [-0.3, -0.25) is 62.3 Å². The van der Waals surface area contributed by atoms with Crippen LogP contribution in [0.15, 0.2) is 5.11 Å². The van der Waals surface area contributed by atoms with E-state index in [1.807, 2.05) is 5.32 Å². The van der Waals surface area contributed by atoms with E-state index in [0.717, 1.165) is 0 Å². The number of hydrogen-bond acceptors (Lipinski definition) is 18. The Morgan fingerprint density at radius 2 is 0.797 bits per heavy atom. The molecule has 33 nitrogen and oxygen atoms in total. The predicted octanol–water partition coefficient (Wildman–Crippen LogP) is -5.24. The summed E-state index contributed by atoms with van der Waals surface area (Å²) in [5.74, 6) is -15.5. The summed E-state index contributed by atoms with van der Waals surface area (Å²) >= 11 is 0. The molecule has 0 bridgehead atoms. The molecule has 10 amide bonds. The Bertz CT molecular complexity index is 2110. The highest BCUT2D eigenvalue weighted by atomic mass is 16.4. The Morgan fingerprint density at radius 1 is 0.443 bits per heavy atom. The minimum atomic E-state index is -1.92. The van der Waals surface area contributed by atoms with Crippen molar-refractivity contribution in [2.24, 2.45) is 39.7 Å². The number of unbranched alkanes of at least 4 members (excludes halogenated alkanes) is 4. The third-order valence-corrected chi connectivity index (χ3v) is 11.6. The van der Waals surface area contributed by atoms with Gasteiger partial charge < -0.3 is 91.8 Å². The van der Waals surface area contributed by atoms with E-state index in [-0.39, 0.29) is 51.7 Å². The van der Waals surface area contributed by atoms with Crippen LogP contribution in [0.2, 0.25) is 0 Å². The Hall–Kier alpha value is -7.74. The van der Waals surface area contributed by atoms with Crippen molar-refractivity contribution in [1.82, 2.24) is 47.9 Å². The molecule has 0 unspecified atom stereocenters. The summed E-state index contributed by atoms with van der Waals surface area (Å²) in [7, 11) is 0. The zero-order valence-electron chi connectivity index (χ0n) is 44.6. The van der Waals surface area contributed by atoms with Crippen molar-refractivity contribution in [3.05, 3.63) is 10.4 Å². The molecule has 0 saturated heterocycles. The Balaban J connectivity index is 6.44. The number of primary amides is 1. The zero-order valence-corrected chi connectivity index (χ0v) is 44.6. The van der Waals surface area contributed by atoms with Gasteiger partial charge in [0.05, 0.1) is 19.4 Å². The molecule has 0 rings (SSSR count). The van der Waals surface area contributed by atoms with Gasteiger partial charge in [-0.2, -0.15) is 0 Å². The number of carbonyl (C=O) groups excluding carboxylic acids is 10. The number of rotatable bonds is 44. The van der Waals surface area contributed by atoms with E-state index in [0.29, 0.717) is 51.5 Å². The van der Waals surface area contributed by atoms with Crippen LogP contribution >= 0.6 is 0 Å².